The van der Waals surface area contributed by atoms with Gasteiger partial charge in [0.15, 0.2) is 0 Å². The highest BCUT2D eigenvalue weighted by atomic mass is 35.5. The van der Waals surface area contributed by atoms with E-state index in [0.717, 1.165) is 15.4 Å². The lowest BCUT2D eigenvalue weighted by Crippen LogP contribution is -2.04. The second-order valence-electron chi connectivity index (χ2n) is 7.17. The maximum absolute atomic E-state index is 9.99. The standard InChI is InChI=1S/C25H18ClN5O2S2/c26-17-5-1-16(2-6-17)24-30-13-19(35-24)14-34-25-21(12-28)22(20(11-27)23(29)31-25)15-3-7-18(8-4-15)33-10-9-32/h1-8,13,32H,9-10,14H2,(H2,29,31). The van der Waals surface area contributed by atoms with Crippen molar-refractivity contribution in [2.75, 3.05) is 18.9 Å². The minimum Gasteiger partial charge on any atom is -0.491 e. The van der Waals surface area contributed by atoms with Gasteiger partial charge in [-0.05, 0) is 29.8 Å². The number of aromatic nitrogens is 2. The van der Waals surface area contributed by atoms with Gasteiger partial charge < -0.3 is 15.6 Å². The van der Waals surface area contributed by atoms with Gasteiger partial charge in [0.2, 0.25) is 0 Å². The number of pyridine rings is 1. The van der Waals surface area contributed by atoms with Gasteiger partial charge in [-0.2, -0.15) is 10.5 Å². The average Bonchev–Trinajstić information content (AvgIpc) is 3.35. The molecule has 10 heteroatoms. The summed E-state index contributed by atoms with van der Waals surface area (Å²) < 4.78 is 5.40. The molecule has 4 rings (SSSR count). The average molecular weight is 520 g/mol. The second kappa shape index (κ2) is 11.2. The fourth-order valence-corrected chi connectivity index (χ4v) is 5.37. The Hall–Kier alpha value is -3.60. The summed E-state index contributed by atoms with van der Waals surface area (Å²) in [5.41, 5.74) is 8.61. The molecule has 174 valence electrons. The molecule has 0 fully saturated rings. The molecule has 2 aromatic carbocycles. The second-order valence-corrected chi connectivity index (χ2v) is 9.69. The highest BCUT2D eigenvalue weighted by Gasteiger charge is 2.21. The number of halogens is 1. The Labute approximate surface area is 215 Å². The normalized spacial score (nSPS) is 10.5. The number of thiazole rings is 1. The molecule has 0 amide bonds. The van der Waals surface area contributed by atoms with E-state index in [4.69, 9.17) is 27.2 Å². The fraction of sp³-hybridized carbons (Fsp3) is 0.120. The maximum Gasteiger partial charge on any atom is 0.143 e. The number of nitrogens with two attached hydrogens (primary N) is 1. The highest BCUT2D eigenvalue weighted by molar-refractivity contribution is 7.98. The monoisotopic (exact) mass is 519 g/mol. The Kier molecular flexibility index (Phi) is 7.86. The third-order valence-electron chi connectivity index (χ3n) is 4.91. The summed E-state index contributed by atoms with van der Waals surface area (Å²) in [5.74, 6) is 1.17. The number of aliphatic hydroxyl groups excluding tert-OH is 1. The molecule has 0 spiro atoms. The van der Waals surface area contributed by atoms with Crippen molar-refractivity contribution in [3.63, 3.8) is 0 Å². The van der Waals surface area contributed by atoms with Crippen molar-refractivity contribution in [1.82, 2.24) is 9.97 Å². The summed E-state index contributed by atoms with van der Waals surface area (Å²) in [4.78, 5) is 9.85. The van der Waals surface area contributed by atoms with Gasteiger partial charge in [-0.3, -0.25) is 0 Å². The number of benzene rings is 2. The van der Waals surface area contributed by atoms with Crippen molar-refractivity contribution < 1.29 is 9.84 Å². The van der Waals surface area contributed by atoms with E-state index >= 15 is 0 Å². The number of hydrogen-bond acceptors (Lipinski definition) is 9. The van der Waals surface area contributed by atoms with Gasteiger partial charge in [0.25, 0.3) is 0 Å². The Morgan fingerprint density at radius 3 is 2.37 bits per heavy atom. The van der Waals surface area contributed by atoms with Crippen LogP contribution in [0.5, 0.6) is 5.75 Å². The zero-order valence-corrected chi connectivity index (χ0v) is 20.6. The Morgan fingerprint density at radius 2 is 1.71 bits per heavy atom. The van der Waals surface area contributed by atoms with E-state index in [2.05, 4.69) is 22.1 Å². The number of thioether (sulfide) groups is 1. The third kappa shape index (κ3) is 5.56. The molecule has 4 aromatic rings. The van der Waals surface area contributed by atoms with Crippen LogP contribution >= 0.6 is 34.7 Å². The maximum atomic E-state index is 9.99. The van der Waals surface area contributed by atoms with Crippen LogP contribution < -0.4 is 10.5 Å². The number of aliphatic hydroxyl groups is 1. The summed E-state index contributed by atoms with van der Waals surface area (Å²) >= 11 is 8.88. The molecule has 0 aliphatic carbocycles. The van der Waals surface area contributed by atoms with E-state index in [9.17, 15) is 10.5 Å². The van der Waals surface area contributed by atoms with Crippen molar-refractivity contribution in [2.24, 2.45) is 0 Å². The van der Waals surface area contributed by atoms with Crippen LogP contribution in [0.1, 0.15) is 16.0 Å². The van der Waals surface area contributed by atoms with Crippen LogP contribution in [0.2, 0.25) is 5.02 Å². The van der Waals surface area contributed by atoms with Crippen LogP contribution in [0, 0.1) is 22.7 Å². The van der Waals surface area contributed by atoms with Crippen LogP contribution in [0.4, 0.5) is 5.82 Å². The summed E-state index contributed by atoms with van der Waals surface area (Å²) in [6.07, 6.45) is 1.80. The number of ether oxygens (including phenoxy) is 1. The van der Waals surface area contributed by atoms with E-state index in [1.54, 1.807) is 41.8 Å². The predicted molar refractivity (Wildman–Crippen MR) is 138 cm³/mol. The van der Waals surface area contributed by atoms with Gasteiger partial charge in [0, 0.05) is 33.0 Å². The van der Waals surface area contributed by atoms with Gasteiger partial charge in [0.05, 0.1) is 12.2 Å². The Morgan fingerprint density at radius 1 is 1.03 bits per heavy atom. The van der Waals surface area contributed by atoms with E-state index < -0.39 is 0 Å². The van der Waals surface area contributed by atoms with Crippen molar-refractivity contribution in [2.45, 2.75) is 10.8 Å². The van der Waals surface area contributed by atoms with Crippen LogP contribution in [0.15, 0.2) is 59.8 Å². The number of nitrogens with zero attached hydrogens (tertiary/aromatic N) is 4. The molecule has 0 radical (unpaired) electrons. The first-order valence-corrected chi connectivity index (χ1v) is 12.5. The summed E-state index contributed by atoms with van der Waals surface area (Å²) in [6, 6.07) is 18.7. The van der Waals surface area contributed by atoms with Crippen LogP contribution in [-0.4, -0.2) is 28.3 Å². The number of nitrogen functional groups attached to an aromatic ring is 1. The molecule has 0 atom stereocenters. The molecule has 0 bridgehead atoms. The van der Waals surface area contributed by atoms with Gasteiger partial charge in [-0.1, -0.05) is 47.6 Å². The molecule has 0 aliphatic heterocycles. The third-order valence-corrected chi connectivity index (χ3v) is 7.42. The Bertz CT molecular complexity index is 1420. The first-order chi connectivity index (χ1) is 17.0. The summed E-state index contributed by atoms with van der Waals surface area (Å²) in [6.45, 7) is 0.0773. The lowest BCUT2D eigenvalue weighted by atomic mass is 9.97. The summed E-state index contributed by atoms with van der Waals surface area (Å²) in [7, 11) is 0. The van der Waals surface area contributed by atoms with Gasteiger partial charge >= 0.3 is 0 Å². The smallest absolute Gasteiger partial charge is 0.143 e. The van der Waals surface area contributed by atoms with E-state index in [0.29, 0.717) is 32.7 Å². The predicted octanol–water partition coefficient (Wildman–Crippen LogP) is 5.51. The molecule has 2 aromatic heterocycles. The molecule has 0 saturated heterocycles. The number of rotatable bonds is 8. The van der Waals surface area contributed by atoms with Crippen LogP contribution in [0.25, 0.3) is 21.7 Å². The molecule has 2 heterocycles. The molecule has 0 unspecified atom stereocenters. The molecular weight excluding hydrogens is 502 g/mol. The number of nitriles is 2. The molecular formula is C25H18ClN5O2S2. The Balaban J connectivity index is 1.63. The van der Waals surface area contributed by atoms with Crippen molar-refractivity contribution in [3.8, 4) is 39.6 Å². The SMILES string of the molecule is N#Cc1c(N)nc(SCc2cnc(-c3ccc(Cl)cc3)s2)c(C#N)c1-c1ccc(OCCO)cc1. The zero-order valence-electron chi connectivity index (χ0n) is 18.2. The first kappa shape index (κ1) is 24.5. The van der Waals surface area contributed by atoms with E-state index in [1.165, 1.54) is 11.8 Å². The number of anilines is 1. The van der Waals surface area contributed by atoms with Crippen LogP contribution in [-0.2, 0) is 5.75 Å². The molecule has 35 heavy (non-hydrogen) atoms. The van der Waals surface area contributed by atoms with Crippen molar-refractivity contribution >= 4 is 40.5 Å². The van der Waals surface area contributed by atoms with Gasteiger partial charge in [0.1, 0.15) is 45.9 Å². The largest absolute Gasteiger partial charge is 0.491 e. The summed E-state index contributed by atoms with van der Waals surface area (Å²) in [5, 5.41) is 30.6. The molecule has 3 N–H and O–H groups in total. The zero-order chi connectivity index (χ0) is 24.8. The van der Waals surface area contributed by atoms with E-state index in [1.807, 2.05) is 24.3 Å². The molecule has 0 saturated carbocycles. The van der Waals surface area contributed by atoms with E-state index in [-0.39, 0.29) is 30.2 Å². The van der Waals surface area contributed by atoms with Gasteiger partial charge in [-0.25, -0.2) is 9.97 Å². The molecule has 7 nitrogen and oxygen atoms in total. The number of hydrogen-bond donors (Lipinski definition) is 2. The lowest BCUT2D eigenvalue weighted by Gasteiger charge is -2.13. The molecule has 0 aliphatic rings. The quantitative estimate of drug-likeness (QED) is 0.291. The van der Waals surface area contributed by atoms with Crippen molar-refractivity contribution in [3.05, 3.63) is 75.8 Å². The lowest BCUT2D eigenvalue weighted by molar-refractivity contribution is 0.201. The van der Waals surface area contributed by atoms with Crippen LogP contribution in [0.3, 0.4) is 0 Å². The minimum absolute atomic E-state index is 0.0655. The highest BCUT2D eigenvalue weighted by Crippen LogP contribution is 2.38. The van der Waals surface area contributed by atoms with Crippen molar-refractivity contribution in [1.29, 1.82) is 10.5 Å². The fourth-order valence-electron chi connectivity index (χ4n) is 3.31. The first-order valence-electron chi connectivity index (χ1n) is 10.3. The van der Waals surface area contributed by atoms with Gasteiger partial charge in [-0.15, -0.1) is 11.3 Å². The topological polar surface area (TPSA) is 129 Å². The minimum atomic E-state index is -0.0959.